The maximum Gasteiger partial charge on any atom is 0.251 e. The Kier molecular flexibility index (Phi) is 6.54. The largest absolute Gasteiger partial charge is 0.495 e. The number of ether oxygens (including phenoxy) is 1. The molecule has 0 unspecified atom stereocenters. The summed E-state index contributed by atoms with van der Waals surface area (Å²) < 4.78 is 39.1. The zero-order valence-corrected chi connectivity index (χ0v) is 18.2. The molecule has 30 heavy (non-hydrogen) atoms. The molecule has 1 aromatic heterocycles. The summed E-state index contributed by atoms with van der Waals surface area (Å²) in [6.45, 7) is 3.19. The zero-order chi connectivity index (χ0) is 21.9. The first-order valence-electron chi connectivity index (χ1n) is 9.90. The number of amides is 1. The second-order valence-electron chi connectivity index (χ2n) is 7.84. The summed E-state index contributed by atoms with van der Waals surface area (Å²) >= 11 is 0. The summed E-state index contributed by atoms with van der Waals surface area (Å²) in [5, 5.41) is 13.2. The molecule has 1 aliphatic carbocycles. The molecule has 1 fully saturated rings. The maximum atomic E-state index is 12.9. The molecule has 3 N–H and O–H groups in total. The molecule has 0 radical (unpaired) electrons. The van der Waals surface area contributed by atoms with Crippen LogP contribution in [0.15, 0.2) is 39.6 Å². The number of carbonyl (C=O) groups excluding carboxylic acids is 1. The second-order valence-corrected chi connectivity index (χ2v) is 9.52. The number of methoxy groups -OCH3 is 1. The van der Waals surface area contributed by atoms with Gasteiger partial charge in [-0.3, -0.25) is 4.79 Å². The van der Waals surface area contributed by atoms with Crippen molar-refractivity contribution >= 4 is 15.9 Å². The number of sulfonamides is 1. The van der Waals surface area contributed by atoms with Gasteiger partial charge in [-0.15, -0.1) is 0 Å². The molecule has 9 heteroatoms. The molecular formula is C21H28N2O6S. The molecule has 2 aromatic rings. The van der Waals surface area contributed by atoms with Crippen LogP contribution in [0.5, 0.6) is 5.75 Å². The van der Waals surface area contributed by atoms with Crippen LogP contribution in [0, 0.1) is 6.92 Å². The molecule has 1 aliphatic rings. The molecule has 0 spiro atoms. The van der Waals surface area contributed by atoms with Gasteiger partial charge in [-0.1, -0.05) is 12.8 Å². The average Bonchev–Trinajstić information content (AvgIpc) is 3.37. The average molecular weight is 437 g/mol. The molecule has 0 aliphatic heterocycles. The van der Waals surface area contributed by atoms with Crippen LogP contribution in [0.3, 0.4) is 0 Å². The highest BCUT2D eigenvalue weighted by Gasteiger charge is 2.29. The molecule has 0 bridgehead atoms. The minimum atomic E-state index is -3.85. The van der Waals surface area contributed by atoms with E-state index in [1.807, 2.05) is 0 Å². The van der Waals surface area contributed by atoms with E-state index in [-0.39, 0.29) is 28.8 Å². The molecule has 3 rings (SSSR count). The molecule has 1 heterocycles. The van der Waals surface area contributed by atoms with Gasteiger partial charge in [0.05, 0.1) is 13.7 Å². The van der Waals surface area contributed by atoms with E-state index in [0.29, 0.717) is 11.5 Å². The number of hydrogen-bond acceptors (Lipinski definition) is 6. The molecule has 1 saturated carbocycles. The van der Waals surface area contributed by atoms with E-state index in [0.717, 1.165) is 25.7 Å². The van der Waals surface area contributed by atoms with Crippen LogP contribution in [0.1, 0.15) is 54.5 Å². The van der Waals surface area contributed by atoms with Crippen LogP contribution >= 0.6 is 0 Å². The zero-order valence-electron chi connectivity index (χ0n) is 17.4. The van der Waals surface area contributed by atoms with E-state index in [1.165, 1.54) is 32.2 Å². The first-order valence-corrected chi connectivity index (χ1v) is 11.4. The maximum absolute atomic E-state index is 12.9. The highest BCUT2D eigenvalue weighted by molar-refractivity contribution is 7.89. The van der Waals surface area contributed by atoms with Crippen LogP contribution in [0.4, 0.5) is 0 Å². The number of rotatable bonds is 8. The van der Waals surface area contributed by atoms with Gasteiger partial charge in [-0.2, -0.15) is 0 Å². The van der Waals surface area contributed by atoms with Crippen molar-refractivity contribution in [2.75, 3.05) is 13.7 Å². The van der Waals surface area contributed by atoms with Crippen LogP contribution < -0.4 is 14.8 Å². The van der Waals surface area contributed by atoms with Gasteiger partial charge in [0.15, 0.2) is 0 Å². The summed E-state index contributed by atoms with van der Waals surface area (Å²) in [6, 6.07) is 7.49. The number of furan rings is 1. The van der Waals surface area contributed by atoms with Crippen molar-refractivity contribution in [3.63, 3.8) is 0 Å². The summed E-state index contributed by atoms with van der Waals surface area (Å²) in [6.07, 6.45) is 3.57. The highest BCUT2D eigenvalue weighted by Crippen LogP contribution is 2.28. The summed E-state index contributed by atoms with van der Waals surface area (Å²) in [4.78, 5) is 12.6. The number of nitrogens with one attached hydrogen (secondary N) is 2. The summed E-state index contributed by atoms with van der Waals surface area (Å²) in [7, 11) is -2.46. The molecule has 0 saturated heterocycles. The van der Waals surface area contributed by atoms with Crippen LogP contribution in [-0.2, 0) is 15.6 Å². The lowest BCUT2D eigenvalue weighted by atomic mass is 10.0. The summed E-state index contributed by atoms with van der Waals surface area (Å²) in [5.74, 6) is 0.629. The summed E-state index contributed by atoms with van der Waals surface area (Å²) in [5.41, 5.74) is -1.26. The fourth-order valence-corrected chi connectivity index (χ4v) is 5.02. The third kappa shape index (κ3) is 5.03. The lowest BCUT2D eigenvalue weighted by Gasteiger charge is -2.21. The molecule has 1 amide bonds. The number of aliphatic hydroxyl groups is 1. The van der Waals surface area contributed by atoms with Crippen molar-refractivity contribution in [1.29, 1.82) is 0 Å². The van der Waals surface area contributed by atoms with Crippen molar-refractivity contribution in [3.8, 4) is 5.75 Å². The van der Waals surface area contributed by atoms with Crippen molar-refractivity contribution in [3.05, 3.63) is 47.4 Å². The monoisotopic (exact) mass is 436 g/mol. The first kappa shape index (κ1) is 22.3. The fourth-order valence-electron chi connectivity index (χ4n) is 3.52. The Morgan fingerprint density at radius 1 is 1.27 bits per heavy atom. The third-order valence-corrected chi connectivity index (χ3v) is 6.80. The van der Waals surface area contributed by atoms with Gasteiger partial charge in [0.1, 0.15) is 27.8 Å². The van der Waals surface area contributed by atoms with Gasteiger partial charge < -0.3 is 19.6 Å². The Morgan fingerprint density at radius 2 is 1.97 bits per heavy atom. The third-order valence-electron chi connectivity index (χ3n) is 5.26. The van der Waals surface area contributed by atoms with Crippen molar-refractivity contribution in [1.82, 2.24) is 10.0 Å². The predicted octanol–water partition coefficient (Wildman–Crippen LogP) is 2.46. The standard InChI is InChI=1S/C21H28N2O6S/c1-14-8-11-19(29-14)21(2,25)13-22-20(24)15-9-10-17(28-3)18(12-15)30(26,27)23-16-6-4-5-7-16/h8-12,16,23,25H,4-7,13H2,1-3H3,(H,22,24)/t21-/m1/s1. The molecular weight excluding hydrogens is 408 g/mol. The first-order chi connectivity index (χ1) is 14.1. The normalized spacial score (nSPS) is 16.9. The van der Waals surface area contributed by atoms with E-state index in [4.69, 9.17) is 9.15 Å². The smallest absolute Gasteiger partial charge is 0.251 e. The Bertz CT molecular complexity index is 1010. The Hall–Kier alpha value is -2.36. The van der Waals surface area contributed by atoms with Gasteiger partial charge in [-0.25, -0.2) is 13.1 Å². The van der Waals surface area contributed by atoms with E-state index >= 15 is 0 Å². The quantitative estimate of drug-likeness (QED) is 0.585. The van der Waals surface area contributed by atoms with Crippen LogP contribution in [0.25, 0.3) is 0 Å². The molecule has 8 nitrogen and oxygen atoms in total. The topological polar surface area (TPSA) is 118 Å². The number of hydrogen-bond donors (Lipinski definition) is 3. The lowest BCUT2D eigenvalue weighted by Crippen LogP contribution is -2.38. The minimum Gasteiger partial charge on any atom is -0.495 e. The number of carbonyl (C=O) groups is 1. The molecule has 164 valence electrons. The van der Waals surface area contributed by atoms with Crippen molar-refractivity contribution < 1.29 is 27.5 Å². The Labute approximate surface area is 176 Å². The van der Waals surface area contributed by atoms with Gasteiger partial charge >= 0.3 is 0 Å². The number of aryl methyl sites for hydroxylation is 1. The van der Waals surface area contributed by atoms with E-state index < -0.39 is 21.5 Å². The SMILES string of the molecule is COc1ccc(C(=O)NC[C@@](C)(O)c2ccc(C)o2)cc1S(=O)(=O)NC1CCCC1. The number of benzene rings is 1. The highest BCUT2D eigenvalue weighted by atomic mass is 32.2. The Balaban J connectivity index is 1.77. The second kappa shape index (κ2) is 8.79. The van der Waals surface area contributed by atoms with Crippen LogP contribution in [-0.4, -0.2) is 39.1 Å². The Morgan fingerprint density at radius 3 is 2.57 bits per heavy atom. The van der Waals surface area contributed by atoms with Gasteiger partial charge in [0.2, 0.25) is 10.0 Å². The minimum absolute atomic E-state index is 0.0852. The van der Waals surface area contributed by atoms with Gasteiger partial charge in [0.25, 0.3) is 5.91 Å². The van der Waals surface area contributed by atoms with E-state index in [2.05, 4.69) is 10.0 Å². The molecule has 1 aromatic carbocycles. The molecule has 1 atom stereocenters. The van der Waals surface area contributed by atoms with Gasteiger partial charge in [-0.05, 0) is 57.0 Å². The van der Waals surface area contributed by atoms with Crippen LogP contribution in [0.2, 0.25) is 0 Å². The van der Waals surface area contributed by atoms with Crippen molar-refractivity contribution in [2.45, 2.75) is 56.1 Å². The lowest BCUT2D eigenvalue weighted by molar-refractivity contribution is 0.0323. The predicted molar refractivity (Wildman–Crippen MR) is 111 cm³/mol. The fraction of sp³-hybridized carbons (Fsp3) is 0.476. The van der Waals surface area contributed by atoms with E-state index in [1.54, 1.807) is 19.1 Å². The van der Waals surface area contributed by atoms with Crippen molar-refractivity contribution in [2.24, 2.45) is 0 Å². The van der Waals surface area contributed by atoms with E-state index in [9.17, 15) is 18.3 Å². The van der Waals surface area contributed by atoms with Gasteiger partial charge in [0, 0.05) is 11.6 Å².